The number of rotatable bonds is 8. The molecule has 190 valence electrons. The molecular weight excluding hydrogens is 462 g/mol. The van der Waals surface area contributed by atoms with E-state index in [1.807, 2.05) is 39.0 Å². The fourth-order valence-electron chi connectivity index (χ4n) is 5.13. The Morgan fingerprint density at radius 1 is 1.20 bits per heavy atom. The van der Waals surface area contributed by atoms with Gasteiger partial charge in [-0.15, -0.1) is 11.3 Å². The summed E-state index contributed by atoms with van der Waals surface area (Å²) < 4.78 is 11.2. The van der Waals surface area contributed by atoms with Crippen LogP contribution in [-0.2, 0) is 22.4 Å². The smallest absolute Gasteiger partial charge is 0.341 e. The Balaban J connectivity index is 1.43. The lowest BCUT2D eigenvalue weighted by Crippen LogP contribution is -3.19. The van der Waals surface area contributed by atoms with Crippen molar-refractivity contribution in [3.63, 3.8) is 0 Å². The van der Waals surface area contributed by atoms with Crippen molar-refractivity contribution >= 4 is 33.9 Å². The number of nitrogens with one attached hydrogen (secondary N) is 2. The van der Waals surface area contributed by atoms with E-state index in [4.69, 9.17) is 9.47 Å². The average molecular weight is 501 g/mol. The number of hydrogen-bond donors (Lipinski definition) is 2. The molecule has 2 heterocycles. The number of piperazine rings is 1. The van der Waals surface area contributed by atoms with Crippen molar-refractivity contribution < 1.29 is 24.0 Å². The van der Waals surface area contributed by atoms with Crippen LogP contribution < -0.4 is 19.9 Å². The van der Waals surface area contributed by atoms with Gasteiger partial charge in [0.25, 0.3) is 5.91 Å². The van der Waals surface area contributed by atoms with Gasteiger partial charge in [-0.3, -0.25) is 4.79 Å². The number of anilines is 2. The van der Waals surface area contributed by atoms with Crippen molar-refractivity contribution in [1.82, 2.24) is 0 Å². The van der Waals surface area contributed by atoms with Gasteiger partial charge in [0, 0.05) is 4.88 Å². The minimum absolute atomic E-state index is 0.0413. The molecule has 1 aliphatic carbocycles. The number of quaternary nitrogens is 1. The highest BCUT2D eigenvalue weighted by Gasteiger charge is 2.33. The number of carbonyl (C=O) groups excluding carboxylic acids is 2. The number of amides is 1. The van der Waals surface area contributed by atoms with Gasteiger partial charge < -0.3 is 24.6 Å². The molecule has 1 saturated heterocycles. The average Bonchev–Trinajstić information content (AvgIpc) is 3.21. The molecule has 1 aromatic heterocycles. The Morgan fingerprint density at radius 2 is 1.94 bits per heavy atom. The Kier molecular flexibility index (Phi) is 8.34. The second-order valence-corrected chi connectivity index (χ2v) is 10.6. The lowest BCUT2D eigenvalue weighted by atomic mass is 9.88. The summed E-state index contributed by atoms with van der Waals surface area (Å²) in [6.07, 6.45) is 2.87. The van der Waals surface area contributed by atoms with Crippen LogP contribution in [0.25, 0.3) is 0 Å². The van der Waals surface area contributed by atoms with Crippen LogP contribution in [0.3, 0.4) is 0 Å². The fourth-order valence-corrected chi connectivity index (χ4v) is 6.53. The number of hydrogen-bond acceptors (Lipinski definition) is 6. The SMILES string of the molecule is CCOC(=O)c1c(NC(=O)[C@@H](C)[NH+]2CCN(c3ccccc3OCC)CC2)sc2c1CC[C@@H](C)C2. The number of benzene rings is 1. The third kappa shape index (κ3) is 5.64. The molecule has 0 radical (unpaired) electrons. The van der Waals surface area contributed by atoms with Gasteiger partial charge in [-0.25, -0.2) is 4.79 Å². The summed E-state index contributed by atoms with van der Waals surface area (Å²) in [5, 5.41) is 3.77. The van der Waals surface area contributed by atoms with Crippen LogP contribution >= 0.6 is 11.3 Å². The van der Waals surface area contributed by atoms with Crippen LogP contribution in [0.2, 0.25) is 0 Å². The molecule has 35 heavy (non-hydrogen) atoms. The third-order valence-electron chi connectivity index (χ3n) is 7.15. The van der Waals surface area contributed by atoms with Crippen molar-refractivity contribution in [3.05, 3.63) is 40.3 Å². The molecule has 0 unspecified atom stereocenters. The number of para-hydroxylation sites is 2. The van der Waals surface area contributed by atoms with Crippen molar-refractivity contribution in [3.8, 4) is 5.75 Å². The van der Waals surface area contributed by atoms with E-state index in [1.54, 1.807) is 11.3 Å². The first-order valence-corrected chi connectivity index (χ1v) is 13.7. The van der Waals surface area contributed by atoms with Gasteiger partial charge in [-0.1, -0.05) is 19.1 Å². The molecule has 7 nitrogen and oxygen atoms in total. The van der Waals surface area contributed by atoms with Gasteiger partial charge in [0.1, 0.15) is 10.8 Å². The summed E-state index contributed by atoms with van der Waals surface area (Å²) in [4.78, 5) is 30.9. The standard InChI is InChI=1S/C27H37N3O4S/c1-5-33-22-10-8-7-9-21(22)30-15-13-29(14-16-30)19(4)25(31)28-26-24(27(32)34-6-2)20-12-11-18(3)17-23(20)35-26/h7-10,18-19H,5-6,11-17H2,1-4H3,(H,28,31)/p+1/t18-,19-/m1/s1. The van der Waals surface area contributed by atoms with Gasteiger partial charge in [0.2, 0.25) is 0 Å². The van der Waals surface area contributed by atoms with Crippen molar-refractivity contribution in [1.29, 1.82) is 0 Å². The minimum atomic E-state index is -0.323. The molecular formula is C27H38N3O4S+. The molecule has 4 rings (SSSR count). The van der Waals surface area contributed by atoms with Crippen LogP contribution in [0.15, 0.2) is 24.3 Å². The number of carbonyl (C=O) groups is 2. The van der Waals surface area contributed by atoms with E-state index in [9.17, 15) is 9.59 Å². The summed E-state index contributed by atoms with van der Waals surface area (Å²) in [6, 6.07) is 7.93. The number of ether oxygens (including phenoxy) is 2. The van der Waals surface area contributed by atoms with E-state index in [0.29, 0.717) is 29.7 Å². The summed E-state index contributed by atoms with van der Waals surface area (Å²) in [5.41, 5.74) is 2.76. The molecule has 1 amide bonds. The van der Waals surface area contributed by atoms with E-state index < -0.39 is 0 Å². The molecule has 2 atom stereocenters. The zero-order valence-electron chi connectivity index (χ0n) is 21.3. The fraction of sp³-hybridized carbons (Fsp3) is 0.556. The second-order valence-electron chi connectivity index (χ2n) is 9.53. The molecule has 0 spiro atoms. The highest BCUT2D eigenvalue weighted by Crippen LogP contribution is 2.40. The summed E-state index contributed by atoms with van der Waals surface area (Å²) in [5.74, 6) is 1.13. The van der Waals surface area contributed by atoms with Crippen LogP contribution in [0.1, 0.15) is 54.9 Å². The lowest BCUT2D eigenvalue weighted by molar-refractivity contribution is -0.914. The molecule has 0 bridgehead atoms. The van der Waals surface area contributed by atoms with Crippen molar-refractivity contribution in [2.24, 2.45) is 5.92 Å². The maximum Gasteiger partial charge on any atom is 0.341 e. The van der Waals surface area contributed by atoms with Gasteiger partial charge in [0.05, 0.1) is 50.6 Å². The van der Waals surface area contributed by atoms with Crippen molar-refractivity contribution in [2.75, 3.05) is 49.6 Å². The van der Waals surface area contributed by atoms with E-state index in [-0.39, 0.29) is 17.9 Å². The minimum Gasteiger partial charge on any atom is -0.492 e. The molecule has 0 saturated carbocycles. The van der Waals surface area contributed by atoms with Gasteiger partial charge in [-0.2, -0.15) is 0 Å². The number of fused-ring (bicyclic) bond motifs is 1. The van der Waals surface area contributed by atoms with Gasteiger partial charge >= 0.3 is 5.97 Å². The molecule has 1 fully saturated rings. The maximum absolute atomic E-state index is 13.3. The second kappa shape index (κ2) is 11.4. The van der Waals surface area contributed by atoms with Crippen LogP contribution in [0.4, 0.5) is 10.7 Å². The van der Waals surface area contributed by atoms with E-state index in [1.165, 1.54) is 9.78 Å². The third-order valence-corrected chi connectivity index (χ3v) is 8.31. The molecule has 2 aliphatic rings. The number of thiophene rings is 1. The lowest BCUT2D eigenvalue weighted by Gasteiger charge is -2.36. The predicted molar refractivity (Wildman–Crippen MR) is 140 cm³/mol. The number of esters is 1. The molecule has 1 aromatic carbocycles. The van der Waals surface area contributed by atoms with Crippen LogP contribution in [0.5, 0.6) is 5.75 Å². The summed E-state index contributed by atoms with van der Waals surface area (Å²) in [6.45, 7) is 12.4. The molecule has 2 N–H and O–H groups in total. The predicted octanol–water partition coefficient (Wildman–Crippen LogP) is 3.18. The highest BCUT2D eigenvalue weighted by molar-refractivity contribution is 7.17. The summed E-state index contributed by atoms with van der Waals surface area (Å²) in [7, 11) is 0. The molecule has 2 aromatic rings. The van der Waals surface area contributed by atoms with E-state index in [2.05, 4.69) is 23.2 Å². The Hall–Kier alpha value is -2.58. The van der Waals surface area contributed by atoms with Crippen LogP contribution in [0, 0.1) is 5.92 Å². The van der Waals surface area contributed by atoms with Gasteiger partial charge in [-0.05, 0) is 63.6 Å². The maximum atomic E-state index is 13.3. The topological polar surface area (TPSA) is 72.3 Å². The van der Waals surface area contributed by atoms with E-state index >= 15 is 0 Å². The quantitative estimate of drug-likeness (QED) is 0.545. The van der Waals surface area contributed by atoms with Gasteiger partial charge in [0.15, 0.2) is 6.04 Å². The summed E-state index contributed by atoms with van der Waals surface area (Å²) >= 11 is 1.55. The molecule has 1 aliphatic heterocycles. The zero-order chi connectivity index (χ0) is 24.9. The van der Waals surface area contributed by atoms with E-state index in [0.717, 1.165) is 62.4 Å². The zero-order valence-corrected chi connectivity index (χ0v) is 22.1. The Morgan fingerprint density at radius 3 is 2.66 bits per heavy atom. The van der Waals surface area contributed by atoms with Crippen LogP contribution in [-0.4, -0.2) is 57.3 Å². The Labute approximate surface area is 212 Å². The largest absolute Gasteiger partial charge is 0.492 e. The number of nitrogens with zero attached hydrogens (tertiary/aromatic N) is 1. The first-order valence-electron chi connectivity index (χ1n) is 12.9. The first kappa shape index (κ1) is 25.5. The molecule has 8 heteroatoms. The monoisotopic (exact) mass is 500 g/mol. The first-order chi connectivity index (χ1) is 16.9. The van der Waals surface area contributed by atoms with Crippen molar-refractivity contribution in [2.45, 2.75) is 53.0 Å². The normalized spacial score (nSPS) is 19.1. The highest BCUT2D eigenvalue weighted by atomic mass is 32.1. The Bertz CT molecular complexity index is 1050.